The summed E-state index contributed by atoms with van der Waals surface area (Å²) in [7, 11) is 4.29. The van der Waals surface area contributed by atoms with Crippen LogP contribution in [0.25, 0.3) is 10.9 Å². The van der Waals surface area contributed by atoms with Gasteiger partial charge in [-0.3, -0.25) is 0 Å². The third kappa shape index (κ3) is 2.61. The molecule has 1 aliphatic rings. The largest absolute Gasteiger partial charge is 0.493 e. The minimum atomic E-state index is 0.707. The fraction of sp³-hybridized carbons (Fsp3) is 0.500. The van der Waals surface area contributed by atoms with Gasteiger partial charge in [0.05, 0.1) is 12.1 Å². The molecular formula is C16H22N2O. The van der Waals surface area contributed by atoms with Gasteiger partial charge in [-0.15, -0.1) is 0 Å². The van der Waals surface area contributed by atoms with Gasteiger partial charge in [-0.05, 0) is 56.4 Å². The normalized spacial score (nSPS) is 20.2. The highest BCUT2D eigenvalue weighted by atomic mass is 16.5. The lowest BCUT2D eigenvalue weighted by Gasteiger charge is -2.19. The van der Waals surface area contributed by atoms with Crippen LogP contribution in [0.5, 0.6) is 5.75 Å². The Morgan fingerprint density at radius 2 is 2.16 bits per heavy atom. The highest BCUT2D eigenvalue weighted by molar-refractivity contribution is 5.81. The molecule has 3 rings (SSSR count). The van der Waals surface area contributed by atoms with Gasteiger partial charge in [0.1, 0.15) is 5.75 Å². The molecule has 1 aromatic carbocycles. The Morgan fingerprint density at radius 3 is 2.95 bits per heavy atom. The highest BCUT2D eigenvalue weighted by Gasteiger charge is 2.20. The molecule has 0 saturated carbocycles. The molecule has 1 saturated heterocycles. The lowest BCUT2D eigenvalue weighted by Crippen LogP contribution is -2.26. The van der Waals surface area contributed by atoms with E-state index in [0.29, 0.717) is 6.04 Å². The minimum absolute atomic E-state index is 0.707. The van der Waals surface area contributed by atoms with Gasteiger partial charge in [-0.2, -0.15) is 0 Å². The van der Waals surface area contributed by atoms with Crippen molar-refractivity contribution < 1.29 is 4.74 Å². The van der Waals surface area contributed by atoms with E-state index in [4.69, 9.17) is 4.74 Å². The van der Waals surface area contributed by atoms with Crippen LogP contribution in [0.3, 0.4) is 0 Å². The fourth-order valence-electron chi connectivity index (χ4n) is 2.99. The summed E-state index contributed by atoms with van der Waals surface area (Å²) in [6.45, 7) is 2.05. The lowest BCUT2D eigenvalue weighted by atomic mass is 10.1. The van der Waals surface area contributed by atoms with Crippen LogP contribution in [0.2, 0.25) is 0 Å². The van der Waals surface area contributed by atoms with Gasteiger partial charge >= 0.3 is 0 Å². The summed E-state index contributed by atoms with van der Waals surface area (Å²) in [5, 5.41) is 1.27. The second-order valence-corrected chi connectivity index (χ2v) is 5.56. The zero-order valence-corrected chi connectivity index (χ0v) is 11.8. The lowest BCUT2D eigenvalue weighted by molar-refractivity contribution is 0.233. The summed E-state index contributed by atoms with van der Waals surface area (Å²) < 4.78 is 8.04. The van der Waals surface area contributed by atoms with Gasteiger partial charge in [-0.25, -0.2) is 0 Å². The Morgan fingerprint density at radius 1 is 1.26 bits per heavy atom. The average molecular weight is 258 g/mol. The maximum Gasteiger partial charge on any atom is 0.121 e. The van der Waals surface area contributed by atoms with Crippen molar-refractivity contribution in [2.24, 2.45) is 7.05 Å². The monoisotopic (exact) mass is 258 g/mol. The number of likely N-dealkylation sites (tertiary alicyclic amines) is 1. The predicted octanol–water partition coefficient (Wildman–Crippen LogP) is 3.04. The van der Waals surface area contributed by atoms with Crippen LogP contribution in [-0.2, 0) is 7.05 Å². The highest BCUT2D eigenvalue weighted by Crippen LogP contribution is 2.22. The Hall–Kier alpha value is -1.48. The van der Waals surface area contributed by atoms with E-state index in [-0.39, 0.29) is 0 Å². The van der Waals surface area contributed by atoms with Crippen LogP contribution in [0.1, 0.15) is 19.3 Å². The first-order valence-corrected chi connectivity index (χ1v) is 7.12. The molecule has 0 N–H and O–H groups in total. The van der Waals surface area contributed by atoms with Gasteiger partial charge in [-0.1, -0.05) is 0 Å². The average Bonchev–Trinajstić information content (AvgIpc) is 2.98. The van der Waals surface area contributed by atoms with Crippen LogP contribution >= 0.6 is 0 Å². The van der Waals surface area contributed by atoms with Crippen molar-refractivity contribution in [3.05, 3.63) is 30.5 Å². The van der Waals surface area contributed by atoms with Gasteiger partial charge in [0.15, 0.2) is 0 Å². The van der Waals surface area contributed by atoms with E-state index in [0.717, 1.165) is 18.8 Å². The quantitative estimate of drug-likeness (QED) is 0.838. The van der Waals surface area contributed by atoms with Gasteiger partial charge in [0.25, 0.3) is 0 Å². The zero-order valence-electron chi connectivity index (χ0n) is 11.8. The SMILES string of the molecule is CN1CCCC1CCOc1ccc2ccn(C)c2c1. The van der Waals surface area contributed by atoms with Crippen molar-refractivity contribution in [1.82, 2.24) is 9.47 Å². The summed E-state index contributed by atoms with van der Waals surface area (Å²) in [5.41, 5.74) is 1.23. The number of ether oxygens (including phenoxy) is 1. The molecule has 19 heavy (non-hydrogen) atoms. The molecular weight excluding hydrogens is 236 g/mol. The first-order chi connectivity index (χ1) is 9.24. The number of aryl methyl sites for hydroxylation is 1. The number of hydrogen-bond acceptors (Lipinski definition) is 2. The molecule has 1 aliphatic heterocycles. The van der Waals surface area contributed by atoms with Crippen LogP contribution in [0.15, 0.2) is 30.5 Å². The molecule has 2 heterocycles. The topological polar surface area (TPSA) is 17.4 Å². The van der Waals surface area contributed by atoms with Crippen molar-refractivity contribution in [2.75, 3.05) is 20.2 Å². The second-order valence-electron chi connectivity index (χ2n) is 5.56. The number of hydrogen-bond donors (Lipinski definition) is 0. The Labute approximate surface area is 114 Å². The number of rotatable bonds is 4. The minimum Gasteiger partial charge on any atom is -0.493 e. The first-order valence-electron chi connectivity index (χ1n) is 7.12. The van der Waals surface area contributed by atoms with Gasteiger partial charge in [0.2, 0.25) is 0 Å². The summed E-state index contributed by atoms with van der Waals surface area (Å²) >= 11 is 0. The Balaban J connectivity index is 1.60. The molecule has 0 radical (unpaired) electrons. The van der Waals surface area contributed by atoms with Crippen LogP contribution in [0.4, 0.5) is 0 Å². The predicted molar refractivity (Wildman–Crippen MR) is 78.7 cm³/mol. The smallest absolute Gasteiger partial charge is 0.121 e. The molecule has 2 aromatic rings. The van der Waals surface area contributed by atoms with E-state index in [1.165, 1.54) is 30.3 Å². The number of nitrogens with zero attached hydrogens (tertiary/aromatic N) is 2. The molecule has 1 unspecified atom stereocenters. The molecule has 0 aliphatic carbocycles. The van der Waals surface area contributed by atoms with Gasteiger partial charge in [0, 0.05) is 25.4 Å². The molecule has 0 amide bonds. The van der Waals surface area contributed by atoms with Gasteiger partial charge < -0.3 is 14.2 Å². The van der Waals surface area contributed by atoms with E-state index in [1.807, 2.05) is 0 Å². The van der Waals surface area contributed by atoms with Crippen molar-refractivity contribution in [3.63, 3.8) is 0 Å². The van der Waals surface area contributed by atoms with E-state index in [1.54, 1.807) is 0 Å². The maximum absolute atomic E-state index is 5.91. The van der Waals surface area contributed by atoms with Crippen molar-refractivity contribution in [1.29, 1.82) is 0 Å². The standard InChI is InChI=1S/C16H22N2O/c1-17-9-3-4-14(17)8-11-19-15-6-5-13-7-10-18(2)16(13)12-15/h5-7,10,12,14H,3-4,8-9,11H2,1-2H3. The molecule has 3 heteroatoms. The summed E-state index contributed by atoms with van der Waals surface area (Å²) in [6, 6.07) is 9.17. The summed E-state index contributed by atoms with van der Waals surface area (Å²) in [4.78, 5) is 2.45. The van der Waals surface area contributed by atoms with E-state index < -0.39 is 0 Å². The Kier molecular flexibility index (Phi) is 3.47. The molecule has 1 atom stereocenters. The molecule has 0 spiro atoms. The molecule has 1 aromatic heterocycles. The third-order valence-corrected chi connectivity index (χ3v) is 4.25. The van der Waals surface area contributed by atoms with E-state index in [9.17, 15) is 0 Å². The number of aromatic nitrogens is 1. The molecule has 3 nitrogen and oxygen atoms in total. The Bertz CT molecular complexity index is 561. The van der Waals surface area contributed by atoms with Crippen LogP contribution in [-0.4, -0.2) is 35.7 Å². The van der Waals surface area contributed by atoms with Crippen molar-refractivity contribution >= 4 is 10.9 Å². The molecule has 102 valence electrons. The summed E-state index contributed by atoms with van der Waals surface area (Å²) in [6.07, 6.45) is 5.86. The van der Waals surface area contributed by atoms with Crippen molar-refractivity contribution in [2.45, 2.75) is 25.3 Å². The molecule has 1 fully saturated rings. The zero-order chi connectivity index (χ0) is 13.2. The number of benzene rings is 1. The fourth-order valence-corrected chi connectivity index (χ4v) is 2.99. The van der Waals surface area contributed by atoms with E-state index >= 15 is 0 Å². The van der Waals surface area contributed by atoms with E-state index in [2.05, 4.69) is 54.0 Å². The van der Waals surface area contributed by atoms with Crippen LogP contribution < -0.4 is 4.74 Å². The third-order valence-electron chi connectivity index (χ3n) is 4.25. The first kappa shape index (κ1) is 12.5. The van der Waals surface area contributed by atoms with Crippen LogP contribution in [0, 0.1) is 0 Å². The number of fused-ring (bicyclic) bond motifs is 1. The maximum atomic E-state index is 5.91. The second kappa shape index (κ2) is 5.25. The van der Waals surface area contributed by atoms with Crippen molar-refractivity contribution in [3.8, 4) is 5.75 Å². The summed E-state index contributed by atoms with van der Waals surface area (Å²) in [5.74, 6) is 0.981. The molecule has 0 bridgehead atoms.